The molecule has 0 unspecified atom stereocenters. The van der Waals surface area contributed by atoms with Gasteiger partial charge in [0.2, 0.25) is 11.8 Å². The maximum atomic E-state index is 13.6. The van der Waals surface area contributed by atoms with Crippen molar-refractivity contribution in [3.8, 4) is 44.5 Å². The van der Waals surface area contributed by atoms with Crippen molar-refractivity contribution < 1.29 is 48.1 Å². The molecule has 0 bridgehead atoms. The van der Waals surface area contributed by atoms with Crippen LogP contribution in [-0.4, -0.2) is 150 Å². The van der Waals surface area contributed by atoms with Crippen LogP contribution in [0.2, 0.25) is 0 Å². The highest BCUT2D eigenvalue weighted by molar-refractivity contribution is 5.90. The second-order valence-corrected chi connectivity index (χ2v) is 27.9. The van der Waals surface area contributed by atoms with Crippen LogP contribution < -0.4 is 21.3 Å². The number of carbonyl (C=O) groups excluding carboxylic acids is 5. The molecular weight excluding hydrogens is 1290 g/mol. The average Bonchev–Trinajstić information content (AvgIpc) is 1.64. The lowest BCUT2D eigenvalue weighted by atomic mass is 9.93. The largest absolute Gasteiger partial charge is 0.481 e. The van der Waals surface area contributed by atoms with Crippen molar-refractivity contribution in [1.29, 1.82) is 0 Å². The molecule has 4 fully saturated rings. The van der Waals surface area contributed by atoms with Gasteiger partial charge in [-0.25, -0.2) is 29.5 Å². The first-order valence-electron chi connectivity index (χ1n) is 35.5. The first kappa shape index (κ1) is 71.4. The average molecular weight is 1390 g/mol. The van der Waals surface area contributed by atoms with Gasteiger partial charge in [-0.05, 0) is 175 Å². The summed E-state index contributed by atoms with van der Waals surface area (Å²) in [7, 11) is 3.83. The molecule has 0 saturated carbocycles. The predicted molar refractivity (Wildman–Crippen MR) is 391 cm³/mol. The van der Waals surface area contributed by atoms with Crippen molar-refractivity contribution in [3.05, 3.63) is 145 Å². The number of esters is 1. The zero-order valence-corrected chi connectivity index (χ0v) is 59.3. The van der Waals surface area contributed by atoms with Crippen LogP contribution in [0.3, 0.4) is 0 Å². The van der Waals surface area contributed by atoms with Crippen LogP contribution in [0.1, 0.15) is 147 Å². The molecule has 4 aliphatic rings. The lowest BCUT2D eigenvalue weighted by Gasteiger charge is -2.29. The number of carbonyl (C=O) groups is 6. The van der Waals surface area contributed by atoms with Gasteiger partial charge in [0.15, 0.2) is 0 Å². The Morgan fingerprint density at radius 3 is 1.05 bits per heavy atom. The molecule has 6 aromatic carbocycles. The van der Waals surface area contributed by atoms with Crippen LogP contribution in [0.15, 0.2) is 121 Å². The van der Waals surface area contributed by atoms with E-state index in [-0.39, 0.29) is 48.1 Å². The number of nitrogens with one attached hydrogen (secondary N) is 8. The number of aromatic amines is 4. The molecule has 14 rings (SSSR count). The molecule has 10 aromatic rings. The second-order valence-electron chi connectivity index (χ2n) is 27.9. The standard InChI is InChI=1S/C42H50N8O6.C28H28N6.C8H14O4/c1-23(2)35(47-41(53)55-5)39(51)49-19-7-9-33(49)37-43-29-17-15-27(21-31(29)45-37)25-11-13-26(14-12-25)28-16-18-30-32(22-28)46-38(44-30)34-10-8-20-50(34)40(52)36(24(3)4)48-42(54)56-6;1-3-23(29-13-1)27-31-21-11-9-19(15-25(21)33-27)17-5-7-18(8-6-17)20-10-12-22-26(16-20)34-28(32-22)24-4-2-14-30-24;1-5(2)6(8(10)11)4-7(9)12-3/h11-18,21-24,33-36H,7-10,19-20H2,1-6H3,(H,43,45)(H,44,46)(H,47,53)(H,48,54);5-12,15-16,23-24,29-30H,1-4,13-14H2,(H,31,33)(H,32,34);5-6H,4H2,1-3H3,(H,10,11)/t33-,34-,35-,36-;23-,24-;6-/m000/s1. The number of hydrogen-bond acceptors (Lipinski definition) is 15. The van der Waals surface area contributed by atoms with E-state index in [0.29, 0.717) is 25.2 Å². The topological polar surface area (TPSA) is 320 Å². The van der Waals surface area contributed by atoms with E-state index in [4.69, 9.17) is 34.5 Å². The fourth-order valence-corrected chi connectivity index (χ4v) is 14.3. The number of likely N-dealkylation sites (tertiary alicyclic amines) is 2. The van der Waals surface area contributed by atoms with Crippen molar-refractivity contribution in [2.45, 2.75) is 136 Å². The molecule has 24 heteroatoms. The number of ether oxygens (including phenoxy) is 3. The second kappa shape index (κ2) is 31.6. The Morgan fingerprint density at radius 1 is 0.441 bits per heavy atom. The number of carboxylic acid groups (broad SMARTS) is 1. The van der Waals surface area contributed by atoms with Crippen molar-refractivity contribution in [2.24, 2.45) is 23.7 Å². The third-order valence-electron chi connectivity index (χ3n) is 20.1. The molecule has 0 aliphatic carbocycles. The van der Waals surface area contributed by atoms with E-state index < -0.39 is 42.1 Å². The van der Waals surface area contributed by atoms with Gasteiger partial charge in [-0.1, -0.05) is 114 Å². The number of benzene rings is 6. The summed E-state index contributed by atoms with van der Waals surface area (Å²) in [5, 5.41) is 21.1. The highest BCUT2D eigenvalue weighted by atomic mass is 16.5. The van der Waals surface area contributed by atoms with E-state index in [0.717, 1.165) is 141 Å². The Kier molecular flexibility index (Phi) is 22.1. The number of aromatic nitrogens is 8. The van der Waals surface area contributed by atoms with Crippen LogP contribution in [-0.2, 0) is 33.4 Å². The van der Waals surface area contributed by atoms with Gasteiger partial charge in [-0.2, -0.15) is 0 Å². The summed E-state index contributed by atoms with van der Waals surface area (Å²) in [6.07, 6.45) is 6.68. The zero-order chi connectivity index (χ0) is 71.9. The monoisotopic (exact) mass is 1380 g/mol. The number of hydrogen-bond donors (Lipinski definition) is 9. The Labute approximate surface area is 592 Å². The van der Waals surface area contributed by atoms with Gasteiger partial charge >= 0.3 is 24.1 Å². The molecule has 4 aliphatic heterocycles. The smallest absolute Gasteiger partial charge is 0.407 e. The summed E-state index contributed by atoms with van der Waals surface area (Å²) in [6, 6.07) is 41.4. The molecule has 102 heavy (non-hydrogen) atoms. The molecule has 24 nitrogen and oxygen atoms in total. The molecule has 7 atom stereocenters. The summed E-state index contributed by atoms with van der Waals surface area (Å²) in [4.78, 5) is 110. The normalized spacial score (nSPS) is 18.3. The van der Waals surface area contributed by atoms with E-state index in [2.05, 4.69) is 155 Å². The van der Waals surface area contributed by atoms with E-state index in [1.54, 1.807) is 13.8 Å². The van der Waals surface area contributed by atoms with Crippen molar-refractivity contribution >= 4 is 80.1 Å². The number of carboxylic acids is 1. The minimum absolute atomic E-state index is 0.0521. The molecule has 4 saturated heterocycles. The Bertz CT molecular complexity index is 4370. The number of H-pyrrole nitrogens is 4. The van der Waals surface area contributed by atoms with Gasteiger partial charge in [-0.15, -0.1) is 0 Å². The zero-order valence-electron chi connectivity index (χ0n) is 59.3. The fraction of sp³-hybridized carbons (Fsp3) is 0.410. The van der Waals surface area contributed by atoms with Crippen LogP contribution in [0.25, 0.3) is 88.6 Å². The Hall–Kier alpha value is -10.5. The number of alkyl carbamates (subject to hydrolysis) is 2. The number of fused-ring (bicyclic) bond motifs is 4. The molecule has 0 spiro atoms. The highest BCUT2D eigenvalue weighted by Gasteiger charge is 2.40. The first-order chi connectivity index (χ1) is 49.2. The van der Waals surface area contributed by atoms with Gasteiger partial charge in [-0.3, -0.25) is 19.2 Å². The molecule has 4 amide bonds. The number of amides is 4. The van der Waals surface area contributed by atoms with Gasteiger partial charge in [0.1, 0.15) is 35.4 Å². The fourth-order valence-electron chi connectivity index (χ4n) is 14.3. The number of nitrogens with zero attached hydrogens (tertiary/aromatic N) is 6. The van der Waals surface area contributed by atoms with E-state index in [9.17, 15) is 28.8 Å². The molecule has 534 valence electrons. The van der Waals surface area contributed by atoms with Gasteiger partial charge in [0.25, 0.3) is 0 Å². The van der Waals surface area contributed by atoms with Gasteiger partial charge < -0.3 is 70.3 Å². The van der Waals surface area contributed by atoms with E-state index in [1.165, 1.54) is 56.4 Å². The minimum atomic E-state index is -0.949. The Balaban J connectivity index is 0.000000179. The molecular formula is C78H92N14O10. The van der Waals surface area contributed by atoms with Crippen LogP contribution in [0, 0.1) is 23.7 Å². The lowest BCUT2D eigenvalue weighted by molar-refractivity contribution is -0.151. The number of rotatable bonds is 18. The SMILES string of the molecule is COC(=O)C[C@H](C(=O)O)C(C)C.COC(=O)N[C@H](C(=O)N1CCC[C@H]1c1nc2ccc(-c3ccc(-c4ccc5nc([C@@H]6CCCN6C(=O)[C@@H](NC(=O)OC)C(C)C)[nH]c5c4)cc3)cc2[nH]1)C(C)C.c1cc(-c2ccc3nc([C@@H]4CCCN4)[nH]c3c2)ccc1-c1ccc2nc([C@@H]3CCCN3)[nH]c2c1. The molecule has 4 aromatic heterocycles. The summed E-state index contributed by atoms with van der Waals surface area (Å²) < 4.78 is 13.9. The lowest BCUT2D eigenvalue weighted by Crippen LogP contribution is -2.51. The number of methoxy groups -OCH3 is 3. The van der Waals surface area contributed by atoms with Crippen molar-refractivity contribution in [2.75, 3.05) is 47.5 Å². The number of aliphatic carboxylic acids is 1. The molecule has 0 radical (unpaired) electrons. The minimum Gasteiger partial charge on any atom is -0.481 e. The number of imidazole rings is 4. The van der Waals surface area contributed by atoms with Crippen molar-refractivity contribution in [1.82, 2.24) is 70.9 Å². The third-order valence-corrected chi connectivity index (χ3v) is 20.1. The summed E-state index contributed by atoms with van der Waals surface area (Å²) >= 11 is 0. The maximum absolute atomic E-state index is 13.6. The van der Waals surface area contributed by atoms with E-state index in [1.807, 2.05) is 49.6 Å². The van der Waals surface area contributed by atoms with Crippen LogP contribution in [0.5, 0.6) is 0 Å². The van der Waals surface area contributed by atoms with Crippen LogP contribution in [0.4, 0.5) is 9.59 Å². The molecule has 8 heterocycles. The predicted octanol–water partition coefficient (Wildman–Crippen LogP) is 13.4. The summed E-state index contributed by atoms with van der Waals surface area (Å²) in [5.74, 6) is 0.969. The quantitative estimate of drug-likeness (QED) is 0.0285. The van der Waals surface area contributed by atoms with E-state index >= 15 is 0 Å². The molecule has 9 N–H and O–H groups in total. The third kappa shape index (κ3) is 16.0. The van der Waals surface area contributed by atoms with Gasteiger partial charge in [0.05, 0.1) is 102 Å². The summed E-state index contributed by atoms with van der Waals surface area (Å²) in [5.41, 5.74) is 16.7. The maximum Gasteiger partial charge on any atom is 0.407 e. The van der Waals surface area contributed by atoms with Gasteiger partial charge in [0, 0.05) is 13.1 Å². The first-order valence-corrected chi connectivity index (χ1v) is 35.5. The van der Waals surface area contributed by atoms with Crippen LogP contribution >= 0.6 is 0 Å². The summed E-state index contributed by atoms with van der Waals surface area (Å²) in [6.45, 7) is 14.5. The highest BCUT2D eigenvalue weighted by Crippen LogP contribution is 2.38. The Morgan fingerprint density at radius 2 is 0.765 bits per heavy atom. The van der Waals surface area contributed by atoms with Crippen molar-refractivity contribution in [3.63, 3.8) is 0 Å².